The molecule has 0 radical (unpaired) electrons. The molecule has 0 aromatic rings. The minimum Gasteiger partial charge on any atom is -0.107 e. The maximum atomic E-state index is 3.94. The van der Waals surface area contributed by atoms with Crippen molar-refractivity contribution >= 4 is 16.1 Å². The van der Waals surface area contributed by atoms with Gasteiger partial charge in [0.1, 0.15) is 0 Å². The van der Waals surface area contributed by atoms with E-state index in [4.69, 9.17) is 0 Å². The van der Waals surface area contributed by atoms with Gasteiger partial charge in [-0.25, -0.2) is 0 Å². The van der Waals surface area contributed by atoms with E-state index in [1.54, 1.807) is 0 Å². The average molecular weight is 215 g/mol. The van der Waals surface area contributed by atoms with Gasteiger partial charge in [0.2, 0.25) is 0 Å². The van der Waals surface area contributed by atoms with Crippen molar-refractivity contribution < 1.29 is 0 Å². The lowest BCUT2D eigenvalue weighted by Crippen LogP contribution is -2.26. The van der Waals surface area contributed by atoms with Crippen molar-refractivity contribution in [3.63, 3.8) is 0 Å². The number of hydrogen-bond donors (Lipinski definition) is 0. The van der Waals surface area contributed by atoms with Crippen molar-refractivity contribution in [2.45, 2.75) is 57.7 Å². The molecule has 0 saturated heterocycles. The van der Waals surface area contributed by atoms with E-state index < -0.39 is 16.1 Å². The first-order chi connectivity index (χ1) is 5.83. The zero-order chi connectivity index (χ0) is 10.5. The summed E-state index contributed by atoms with van der Waals surface area (Å²) in [6.07, 6.45) is 1.44. The van der Waals surface area contributed by atoms with E-state index in [-0.39, 0.29) is 0 Å². The molecule has 0 aromatic carbocycles. The molecule has 0 spiro atoms. The summed E-state index contributed by atoms with van der Waals surface area (Å²) in [5.41, 5.74) is 2.23. The maximum absolute atomic E-state index is 3.94. The van der Waals surface area contributed by atoms with E-state index in [0.29, 0.717) is 0 Å². The van der Waals surface area contributed by atoms with Crippen molar-refractivity contribution in [1.82, 2.24) is 0 Å². The van der Waals surface area contributed by atoms with Crippen LogP contribution in [0.3, 0.4) is 0 Å². The number of rotatable bonds is 6. The molecule has 0 rings (SSSR count). The summed E-state index contributed by atoms with van der Waals surface area (Å²) >= 11 is 0. The fourth-order valence-corrected chi connectivity index (χ4v) is 4.43. The van der Waals surface area contributed by atoms with Crippen LogP contribution in [0.5, 0.6) is 0 Å². The second-order valence-corrected chi connectivity index (χ2v) is 16.0. The van der Waals surface area contributed by atoms with Gasteiger partial charge in [-0.05, 0) is 0 Å². The largest absolute Gasteiger partial charge is 0.107 e. The normalized spacial score (nSPS) is 13.0. The number of hydrogen-bond acceptors (Lipinski definition) is 0. The van der Waals surface area contributed by atoms with Gasteiger partial charge in [0, 0.05) is 8.07 Å². The van der Waals surface area contributed by atoms with Crippen LogP contribution in [0.4, 0.5) is 0 Å². The highest BCUT2D eigenvalue weighted by Gasteiger charge is 2.20. The fourth-order valence-electron chi connectivity index (χ4n) is 1.30. The highest BCUT2D eigenvalue weighted by atomic mass is 28.3. The summed E-state index contributed by atoms with van der Waals surface area (Å²) in [6, 6.07) is 4.38. The third-order valence-corrected chi connectivity index (χ3v) is 9.55. The first-order valence-electron chi connectivity index (χ1n) is 5.46. The van der Waals surface area contributed by atoms with Gasteiger partial charge in [-0.15, -0.1) is 12.3 Å². The topological polar surface area (TPSA) is 0 Å². The summed E-state index contributed by atoms with van der Waals surface area (Å²) < 4.78 is 0. The predicted octanol–water partition coefficient (Wildman–Crippen LogP) is 4.54. The minimum atomic E-state index is -1.00. The van der Waals surface area contributed by atoms with Crippen LogP contribution in [0, 0.1) is 0 Å². The Labute approximate surface area is 86.5 Å². The van der Waals surface area contributed by atoms with Gasteiger partial charge in [0.05, 0.1) is 8.07 Å². The van der Waals surface area contributed by atoms with Gasteiger partial charge >= 0.3 is 0 Å². The van der Waals surface area contributed by atoms with E-state index in [0.717, 1.165) is 0 Å². The van der Waals surface area contributed by atoms with Crippen LogP contribution in [-0.4, -0.2) is 16.1 Å². The standard InChI is InChI=1S/C11H26Si2/c1-7-12(3,4)10-9-11-13(5,6)8-2/h7H,1,8-11H2,2-6H3. The lowest BCUT2D eigenvalue weighted by Gasteiger charge is -2.23. The Kier molecular flexibility index (Phi) is 5.22. The van der Waals surface area contributed by atoms with Crippen molar-refractivity contribution in [3.05, 3.63) is 12.3 Å². The smallest absolute Gasteiger partial charge is 0.0709 e. The minimum absolute atomic E-state index is 0.802. The SMILES string of the molecule is C=C[Si](C)(C)CCC[Si](C)(C)CC. The Balaban J connectivity index is 3.74. The van der Waals surface area contributed by atoms with Crippen LogP contribution in [0.2, 0.25) is 44.3 Å². The van der Waals surface area contributed by atoms with E-state index in [1.807, 2.05) is 0 Å². The third kappa shape index (κ3) is 6.27. The highest BCUT2D eigenvalue weighted by molar-refractivity contribution is 6.82. The Morgan fingerprint density at radius 1 is 1.08 bits per heavy atom. The first-order valence-corrected chi connectivity index (χ1v) is 12.2. The van der Waals surface area contributed by atoms with Crippen molar-refractivity contribution in [1.29, 1.82) is 0 Å². The summed E-state index contributed by atoms with van der Waals surface area (Å²) in [5.74, 6) is 0. The zero-order valence-corrected chi connectivity index (χ0v) is 12.1. The van der Waals surface area contributed by atoms with Crippen LogP contribution < -0.4 is 0 Å². The molecule has 0 unspecified atom stereocenters. The molecule has 0 saturated carbocycles. The molecule has 2 heteroatoms. The lowest BCUT2D eigenvalue weighted by molar-refractivity contribution is 1.01. The summed E-state index contributed by atoms with van der Waals surface area (Å²) in [6.45, 7) is 16.1. The van der Waals surface area contributed by atoms with E-state index >= 15 is 0 Å². The molecule has 0 aromatic heterocycles. The maximum Gasteiger partial charge on any atom is 0.0709 e. The average Bonchev–Trinajstić information content (AvgIpc) is 2.04. The molecule has 0 N–H and O–H groups in total. The molecule has 0 aliphatic carbocycles. The second-order valence-electron chi connectivity index (χ2n) is 5.56. The van der Waals surface area contributed by atoms with Gasteiger partial charge in [-0.2, -0.15) is 0 Å². The van der Waals surface area contributed by atoms with Crippen LogP contribution in [0.1, 0.15) is 13.3 Å². The zero-order valence-electron chi connectivity index (χ0n) is 10.1. The molecule has 0 heterocycles. The monoisotopic (exact) mass is 214 g/mol. The van der Waals surface area contributed by atoms with E-state index in [9.17, 15) is 0 Å². The lowest BCUT2D eigenvalue weighted by atomic mass is 10.6. The molecule has 0 bridgehead atoms. The highest BCUT2D eigenvalue weighted by Crippen LogP contribution is 2.22. The Morgan fingerprint density at radius 3 is 2.00 bits per heavy atom. The Morgan fingerprint density at radius 2 is 1.62 bits per heavy atom. The van der Waals surface area contributed by atoms with Gasteiger partial charge in [-0.1, -0.05) is 57.7 Å². The van der Waals surface area contributed by atoms with Gasteiger partial charge in [0.15, 0.2) is 0 Å². The van der Waals surface area contributed by atoms with Gasteiger partial charge < -0.3 is 0 Å². The molecule has 0 amide bonds. The van der Waals surface area contributed by atoms with Crippen molar-refractivity contribution in [2.24, 2.45) is 0 Å². The first kappa shape index (κ1) is 13.2. The quantitative estimate of drug-likeness (QED) is 0.570. The van der Waals surface area contributed by atoms with Crippen molar-refractivity contribution in [3.8, 4) is 0 Å². The fraction of sp³-hybridized carbons (Fsp3) is 0.818. The van der Waals surface area contributed by atoms with Crippen molar-refractivity contribution in [2.75, 3.05) is 0 Å². The Hall–Kier alpha value is 0.174. The van der Waals surface area contributed by atoms with Crippen LogP contribution in [-0.2, 0) is 0 Å². The van der Waals surface area contributed by atoms with E-state index in [1.165, 1.54) is 24.6 Å². The molecule has 0 fully saturated rings. The molecule has 13 heavy (non-hydrogen) atoms. The molecule has 0 nitrogen and oxygen atoms in total. The molecular weight excluding hydrogens is 188 g/mol. The van der Waals surface area contributed by atoms with Crippen LogP contribution in [0.25, 0.3) is 0 Å². The molecule has 0 atom stereocenters. The van der Waals surface area contributed by atoms with Crippen LogP contribution >= 0.6 is 0 Å². The summed E-state index contributed by atoms with van der Waals surface area (Å²) in [5, 5.41) is 0. The molecule has 0 aliphatic rings. The molecular formula is C11H26Si2. The summed E-state index contributed by atoms with van der Waals surface area (Å²) in [7, 11) is -1.81. The summed E-state index contributed by atoms with van der Waals surface area (Å²) in [4.78, 5) is 0. The van der Waals surface area contributed by atoms with Crippen LogP contribution in [0.15, 0.2) is 12.3 Å². The third-order valence-electron chi connectivity index (χ3n) is 3.18. The molecule has 0 aliphatic heterocycles. The Bertz CT molecular complexity index is 159. The van der Waals surface area contributed by atoms with Gasteiger partial charge in [0.25, 0.3) is 0 Å². The second kappa shape index (κ2) is 5.15. The molecule has 78 valence electrons. The van der Waals surface area contributed by atoms with E-state index in [2.05, 4.69) is 45.4 Å². The predicted molar refractivity (Wildman–Crippen MR) is 69.9 cm³/mol. The van der Waals surface area contributed by atoms with Gasteiger partial charge in [-0.3, -0.25) is 0 Å².